The van der Waals surface area contributed by atoms with E-state index in [-0.39, 0.29) is 12.0 Å². The van der Waals surface area contributed by atoms with Crippen LogP contribution in [0.5, 0.6) is 5.75 Å². The summed E-state index contributed by atoms with van der Waals surface area (Å²) >= 11 is 0. The molecular formula is C16H25N3O2. The van der Waals surface area contributed by atoms with Gasteiger partial charge in [-0.2, -0.15) is 0 Å². The zero-order valence-electron chi connectivity index (χ0n) is 12.9. The molecule has 0 saturated carbocycles. The minimum atomic E-state index is 0.0166. The summed E-state index contributed by atoms with van der Waals surface area (Å²) in [7, 11) is 0. The monoisotopic (exact) mass is 291 g/mol. The van der Waals surface area contributed by atoms with Gasteiger partial charge in [0.15, 0.2) is 0 Å². The van der Waals surface area contributed by atoms with E-state index in [4.69, 9.17) is 4.74 Å². The van der Waals surface area contributed by atoms with Gasteiger partial charge in [0.1, 0.15) is 11.9 Å². The van der Waals surface area contributed by atoms with Crippen molar-refractivity contribution in [3.05, 3.63) is 23.8 Å². The Morgan fingerprint density at radius 3 is 3.00 bits per heavy atom. The number of benzene rings is 1. The Morgan fingerprint density at radius 1 is 1.38 bits per heavy atom. The van der Waals surface area contributed by atoms with E-state index >= 15 is 0 Å². The second-order valence-electron chi connectivity index (χ2n) is 5.34. The standard InChI is InChI=1S/C16H25N3O2/c1-3-14-11-19-15-10-13(4-5-16(15)21-14)6-7-17-8-9-18-12(2)20/h4-5,10,14,17,19H,3,6-9,11H2,1-2H3,(H,18,20). The first-order valence-corrected chi connectivity index (χ1v) is 7.67. The van der Waals surface area contributed by atoms with Crippen LogP contribution in [0.15, 0.2) is 18.2 Å². The molecule has 1 heterocycles. The van der Waals surface area contributed by atoms with E-state index in [1.54, 1.807) is 0 Å². The van der Waals surface area contributed by atoms with Crippen LogP contribution >= 0.6 is 0 Å². The Balaban J connectivity index is 1.74. The number of hydrogen-bond acceptors (Lipinski definition) is 4. The van der Waals surface area contributed by atoms with Gasteiger partial charge in [-0.3, -0.25) is 4.79 Å². The molecule has 1 aromatic carbocycles. The Labute approximate surface area is 126 Å². The third kappa shape index (κ3) is 4.93. The third-order valence-electron chi connectivity index (χ3n) is 3.58. The summed E-state index contributed by atoms with van der Waals surface area (Å²) in [6.07, 6.45) is 2.26. The van der Waals surface area contributed by atoms with Gasteiger partial charge in [0.2, 0.25) is 5.91 Å². The lowest BCUT2D eigenvalue weighted by molar-refractivity contribution is -0.118. The molecule has 5 nitrogen and oxygen atoms in total. The number of carbonyl (C=O) groups is 1. The lowest BCUT2D eigenvalue weighted by Gasteiger charge is -2.27. The topological polar surface area (TPSA) is 62.4 Å². The number of ether oxygens (including phenoxy) is 1. The molecule has 21 heavy (non-hydrogen) atoms. The number of fused-ring (bicyclic) bond motifs is 1. The van der Waals surface area contributed by atoms with E-state index in [0.29, 0.717) is 6.54 Å². The maximum Gasteiger partial charge on any atom is 0.216 e. The SMILES string of the molecule is CCC1CNc2cc(CCNCCNC(C)=O)ccc2O1. The molecule has 1 amide bonds. The molecule has 1 aliphatic heterocycles. The fraction of sp³-hybridized carbons (Fsp3) is 0.562. The third-order valence-corrected chi connectivity index (χ3v) is 3.58. The van der Waals surface area contributed by atoms with E-state index in [2.05, 4.69) is 41.1 Å². The van der Waals surface area contributed by atoms with Crippen molar-refractivity contribution in [1.82, 2.24) is 10.6 Å². The zero-order chi connectivity index (χ0) is 15.1. The van der Waals surface area contributed by atoms with Gasteiger partial charge < -0.3 is 20.7 Å². The molecule has 0 aromatic heterocycles. The fourth-order valence-electron chi connectivity index (χ4n) is 2.33. The van der Waals surface area contributed by atoms with E-state index in [1.165, 1.54) is 12.5 Å². The number of anilines is 1. The number of nitrogens with one attached hydrogen (secondary N) is 3. The predicted molar refractivity (Wildman–Crippen MR) is 84.9 cm³/mol. The molecule has 0 aliphatic carbocycles. The van der Waals surface area contributed by atoms with E-state index in [0.717, 1.165) is 43.9 Å². The van der Waals surface area contributed by atoms with Crippen LogP contribution in [0.25, 0.3) is 0 Å². The van der Waals surface area contributed by atoms with Crippen LogP contribution in [-0.2, 0) is 11.2 Å². The van der Waals surface area contributed by atoms with Gasteiger partial charge in [0.05, 0.1) is 12.2 Å². The summed E-state index contributed by atoms with van der Waals surface area (Å²) in [5.74, 6) is 0.971. The zero-order valence-corrected chi connectivity index (χ0v) is 12.9. The normalized spacial score (nSPS) is 16.6. The first-order chi connectivity index (χ1) is 10.2. The fourth-order valence-corrected chi connectivity index (χ4v) is 2.33. The van der Waals surface area contributed by atoms with Gasteiger partial charge in [-0.05, 0) is 37.1 Å². The molecule has 3 N–H and O–H groups in total. The van der Waals surface area contributed by atoms with Gasteiger partial charge in [-0.1, -0.05) is 13.0 Å². The summed E-state index contributed by atoms with van der Waals surface area (Å²) in [5, 5.41) is 9.52. The molecule has 0 radical (unpaired) electrons. The number of hydrogen-bond donors (Lipinski definition) is 3. The number of carbonyl (C=O) groups excluding carboxylic acids is 1. The molecule has 2 rings (SSSR count). The van der Waals surface area contributed by atoms with Crippen molar-refractivity contribution < 1.29 is 9.53 Å². The van der Waals surface area contributed by atoms with Gasteiger partial charge in [-0.15, -0.1) is 0 Å². The van der Waals surface area contributed by atoms with Crippen LogP contribution < -0.4 is 20.7 Å². The van der Waals surface area contributed by atoms with Gasteiger partial charge in [-0.25, -0.2) is 0 Å². The average molecular weight is 291 g/mol. The van der Waals surface area contributed by atoms with Crippen molar-refractivity contribution in [3.63, 3.8) is 0 Å². The van der Waals surface area contributed by atoms with E-state index in [9.17, 15) is 4.79 Å². The lowest BCUT2D eigenvalue weighted by Crippen LogP contribution is -2.31. The second kappa shape index (κ2) is 7.88. The second-order valence-corrected chi connectivity index (χ2v) is 5.34. The van der Waals surface area contributed by atoms with Crippen LogP contribution in [0.3, 0.4) is 0 Å². The molecule has 1 atom stereocenters. The highest BCUT2D eigenvalue weighted by molar-refractivity contribution is 5.72. The minimum Gasteiger partial charge on any atom is -0.486 e. The van der Waals surface area contributed by atoms with Gasteiger partial charge in [0, 0.05) is 20.0 Å². The Hall–Kier alpha value is -1.75. The van der Waals surface area contributed by atoms with Crippen LogP contribution in [-0.4, -0.2) is 38.2 Å². The summed E-state index contributed by atoms with van der Waals surface area (Å²) < 4.78 is 5.90. The maximum absolute atomic E-state index is 10.7. The predicted octanol–water partition coefficient (Wildman–Crippen LogP) is 1.54. The summed E-state index contributed by atoms with van der Waals surface area (Å²) in [6.45, 7) is 6.92. The largest absolute Gasteiger partial charge is 0.486 e. The lowest BCUT2D eigenvalue weighted by atomic mass is 10.1. The highest BCUT2D eigenvalue weighted by Gasteiger charge is 2.17. The smallest absolute Gasteiger partial charge is 0.216 e. The van der Waals surface area contributed by atoms with Gasteiger partial charge in [0.25, 0.3) is 0 Å². The molecule has 1 aromatic rings. The average Bonchev–Trinajstić information content (AvgIpc) is 2.49. The van der Waals surface area contributed by atoms with Crippen LogP contribution in [0.1, 0.15) is 25.8 Å². The van der Waals surface area contributed by atoms with Crippen LogP contribution in [0.4, 0.5) is 5.69 Å². The van der Waals surface area contributed by atoms with Crippen molar-refractivity contribution in [1.29, 1.82) is 0 Å². The van der Waals surface area contributed by atoms with Crippen molar-refractivity contribution in [3.8, 4) is 5.75 Å². The van der Waals surface area contributed by atoms with E-state index in [1.807, 2.05) is 0 Å². The molecule has 0 fully saturated rings. The molecule has 0 bridgehead atoms. The number of amides is 1. The number of rotatable bonds is 7. The summed E-state index contributed by atoms with van der Waals surface area (Å²) in [5.41, 5.74) is 2.38. The Bertz CT molecular complexity index is 477. The van der Waals surface area contributed by atoms with Crippen molar-refractivity contribution >= 4 is 11.6 Å². The van der Waals surface area contributed by atoms with Crippen LogP contribution in [0.2, 0.25) is 0 Å². The Morgan fingerprint density at radius 2 is 2.24 bits per heavy atom. The first-order valence-electron chi connectivity index (χ1n) is 7.67. The molecule has 0 spiro atoms. The summed E-state index contributed by atoms with van der Waals surface area (Å²) in [6, 6.07) is 6.33. The first kappa shape index (κ1) is 15.6. The van der Waals surface area contributed by atoms with Crippen molar-refractivity contribution in [2.24, 2.45) is 0 Å². The molecule has 0 saturated heterocycles. The molecule has 1 unspecified atom stereocenters. The van der Waals surface area contributed by atoms with Gasteiger partial charge >= 0.3 is 0 Å². The highest BCUT2D eigenvalue weighted by Crippen LogP contribution is 2.30. The molecule has 116 valence electrons. The molecular weight excluding hydrogens is 266 g/mol. The summed E-state index contributed by atoms with van der Waals surface area (Å²) in [4.78, 5) is 10.7. The van der Waals surface area contributed by atoms with Crippen LogP contribution in [0, 0.1) is 0 Å². The van der Waals surface area contributed by atoms with Crippen molar-refractivity contribution in [2.45, 2.75) is 32.8 Å². The van der Waals surface area contributed by atoms with Crippen molar-refractivity contribution in [2.75, 3.05) is 31.5 Å². The molecule has 5 heteroatoms. The minimum absolute atomic E-state index is 0.0166. The van der Waals surface area contributed by atoms with E-state index < -0.39 is 0 Å². The molecule has 1 aliphatic rings. The highest BCUT2D eigenvalue weighted by atomic mass is 16.5. The maximum atomic E-state index is 10.7. The Kier molecular flexibility index (Phi) is 5.87. The quantitative estimate of drug-likeness (QED) is 0.667.